The summed E-state index contributed by atoms with van der Waals surface area (Å²) < 4.78 is 11.5. The Morgan fingerprint density at radius 2 is 2.04 bits per heavy atom. The maximum atomic E-state index is 10.8. The summed E-state index contributed by atoms with van der Waals surface area (Å²) >= 11 is 0. The van der Waals surface area contributed by atoms with Crippen LogP contribution in [0.15, 0.2) is 42.5 Å². The normalized spacial score (nSPS) is 15.8. The van der Waals surface area contributed by atoms with Gasteiger partial charge in [0.15, 0.2) is 0 Å². The number of amidine groups is 1. The fraction of sp³-hybridized carbons (Fsp3) is 0.263. The minimum atomic E-state index is -0.843. The molecule has 4 N–H and O–H groups in total. The van der Waals surface area contributed by atoms with Gasteiger partial charge in [-0.2, -0.15) is 0 Å². The molecule has 0 bridgehead atoms. The molecule has 0 amide bonds. The molecule has 0 spiro atoms. The molecule has 0 aromatic heterocycles. The number of hydrogen-bond donors (Lipinski definition) is 3. The number of nitrogen functional groups attached to an aromatic ring is 1. The first kappa shape index (κ1) is 16.8. The number of aryl methyl sites for hydroxylation is 1. The second-order valence-electron chi connectivity index (χ2n) is 6.05. The topological polar surface area (TPSA) is 106 Å². The predicted molar refractivity (Wildman–Crippen MR) is 93.2 cm³/mol. The van der Waals surface area contributed by atoms with E-state index in [4.69, 9.17) is 25.7 Å². The highest BCUT2D eigenvalue weighted by Gasteiger charge is 2.22. The molecule has 0 fully saturated rings. The summed E-state index contributed by atoms with van der Waals surface area (Å²) in [4.78, 5) is 10.8. The minimum Gasteiger partial charge on any atom is -0.490 e. The monoisotopic (exact) mass is 340 g/mol. The Bertz CT molecular complexity index is 787. The Balaban J connectivity index is 1.61. The molecule has 1 aliphatic heterocycles. The predicted octanol–water partition coefficient (Wildman–Crippen LogP) is 2.72. The van der Waals surface area contributed by atoms with Crippen molar-refractivity contribution in [3.05, 3.63) is 59.2 Å². The van der Waals surface area contributed by atoms with Crippen molar-refractivity contribution in [1.82, 2.24) is 0 Å². The maximum absolute atomic E-state index is 10.8. The zero-order valence-electron chi connectivity index (χ0n) is 13.7. The summed E-state index contributed by atoms with van der Waals surface area (Å²) in [6.07, 6.45) is 1.22. The summed E-state index contributed by atoms with van der Waals surface area (Å²) in [5.41, 5.74) is 8.14. The largest absolute Gasteiger partial charge is 0.490 e. The van der Waals surface area contributed by atoms with Crippen molar-refractivity contribution in [1.29, 1.82) is 5.41 Å². The van der Waals surface area contributed by atoms with Crippen LogP contribution in [-0.2, 0) is 17.8 Å². The van der Waals surface area contributed by atoms with Gasteiger partial charge >= 0.3 is 5.97 Å². The van der Waals surface area contributed by atoms with Crippen LogP contribution in [0.2, 0.25) is 0 Å². The summed E-state index contributed by atoms with van der Waals surface area (Å²) in [6, 6.07) is 13.0. The number of ether oxygens (including phenoxy) is 2. The lowest BCUT2D eigenvalue weighted by atomic mass is 10.0. The summed E-state index contributed by atoms with van der Waals surface area (Å²) in [5.74, 6) is 0.679. The fourth-order valence-electron chi connectivity index (χ4n) is 2.80. The number of aliphatic carboxylic acids is 1. The van der Waals surface area contributed by atoms with Gasteiger partial charge in [-0.1, -0.05) is 24.3 Å². The zero-order valence-corrected chi connectivity index (χ0v) is 13.7. The Morgan fingerprint density at radius 1 is 1.28 bits per heavy atom. The molecule has 130 valence electrons. The van der Waals surface area contributed by atoms with Crippen LogP contribution in [0, 0.1) is 5.41 Å². The molecular weight excluding hydrogens is 320 g/mol. The molecule has 25 heavy (non-hydrogen) atoms. The molecule has 0 saturated carbocycles. The van der Waals surface area contributed by atoms with Crippen LogP contribution in [0.5, 0.6) is 11.5 Å². The summed E-state index contributed by atoms with van der Waals surface area (Å²) in [7, 11) is 0. The van der Waals surface area contributed by atoms with Gasteiger partial charge in [0, 0.05) is 5.56 Å². The van der Waals surface area contributed by atoms with E-state index >= 15 is 0 Å². The van der Waals surface area contributed by atoms with Gasteiger partial charge < -0.3 is 20.3 Å². The SMILES string of the molecule is N=C(N)c1ccc(COc2ccc3c(c2)CCC(CC(=O)O)O3)cc1. The highest BCUT2D eigenvalue weighted by Crippen LogP contribution is 2.32. The van der Waals surface area contributed by atoms with Crippen molar-refractivity contribution in [2.75, 3.05) is 0 Å². The lowest BCUT2D eigenvalue weighted by Gasteiger charge is -2.25. The molecule has 1 aliphatic rings. The summed E-state index contributed by atoms with van der Waals surface area (Å²) in [5, 5.41) is 16.2. The van der Waals surface area contributed by atoms with Crippen molar-refractivity contribution >= 4 is 11.8 Å². The van der Waals surface area contributed by atoms with Gasteiger partial charge in [0.1, 0.15) is 30.0 Å². The van der Waals surface area contributed by atoms with Gasteiger partial charge in [-0.15, -0.1) is 0 Å². The second kappa shape index (κ2) is 7.25. The number of benzene rings is 2. The highest BCUT2D eigenvalue weighted by molar-refractivity contribution is 5.94. The van der Waals surface area contributed by atoms with E-state index in [2.05, 4.69) is 0 Å². The number of fused-ring (bicyclic) bond motifs is 1. The molecular formula is C19H20N2O4. The lowest BCUT2D eigenvalue weighted by molar-refractivity contribution is -0.139. The lowest BCUT2D eigenvalue weighted by Crippen LogP contribution is -2.25. The third-order valence-corrected chi connectivity index (χ3v) is 4.13. The molecule has 2 aromatic carbocycles. The van der Waals surface area contributed by atoms with E-state index in [1.807, 2.05) is 30.3 Å². The van der Waals surface area contributed by atoms with Crippen LogP contribution in [0.25, 0.3) is 0 Å². The molecule has 6 heteroatoms. The molecule has 2 aromatic rings. The van der Waals surface area contributed by atoms with Crippen molar-refractivity contribution < 1.29 is 19.4 Å². The molecule has 3 rings (SSSR count). The average Bonchev–Trinajstić information content (AvgIpc) is 2.59. The van der Waals surface area contributed by atoms with Crippen molar-refractivity contribution in [2.24, 2.45) is 5.73 Å². The fourth-order valence-corrected chi connectivity index (χ4v) is 2.80. The molecule has 0 aliphatic carbocycles. The van der Waals surface area contributed by atoms with Gasteiger partial charge in [-0.25, -0.2) is 0 Å². The van der Waals surface area contributed by atoms with Crippen molar-refractivity contribution in [2.45, 2.75) is 32.0 Å². The van der Waals surface area contributed by atoms with Crippen LogP contribution < -0.4 is 15.2 Å². The molecule has 0 saturated heterocycles. The highest BCUT2D eigenvalue weighted by atomic mass is 16.5. The van der Waals surface area contributed by atoms with E-state index in [0.717, 1.165) is 29.0 Å². The first-order chi connectivity index (χ1) is 12.0. The van der Waals surface area contributed by atoms with E-state index in [1.54, 1.807) is 12.1 Å². The average molecular weight is 340 g/mol. The number of rotatable bonds is 6. The quantitative estimate of drug-likeness (QED) is 0.554. The minimum absolute atomic E-state index is 0.0218. The van der Waals surface area contributed by atoms with E-state index < -0.39 is 5.97 Å². The van der Waals surface area contributed by atoms with Gasteiger partial charge in [-0.05, 0) is 42.2 Å². The number of nitrogens with two attached hydrogens (primary N) is 1. The first-order valence-electron chi connectivity index (χ1n) is 8.09. The first-order valence-corrected chi connectivity index (χ1v) is 8.09. The van der Waals surface area contributed by atoms with Gasteiger partial charge in [0.2, 0.25) is 0 Å². The van der Waals surface area contributed by atoms with Crippen LogP contribution >= 0.6 is 0 Å². The number of nitrogens with one attached hydrogen (secondary N) is 1. The number of carboxylic acid groups (broad SMARTS) is 1. The number of carboxylic acids is 1. The van der Waals surface area contributed by atoms with Gasteiger partial charge in [-0.3, -0.25) is 10.2 Å². The Labute approximate surface area is 145 Å². The third-order valence-electron chi connectivity index (χ3n) is 4.13. The second-order valence-corrected chi connectivity index (χ2v) is 6.05. The Kier molecular flexibility index (Phi) is 4.88. The van der Waals surface area contributed by atoms with E-state index in [9.17, 15) is 4.79 Å². The van der Waals surface area contributed by atoms with E-state index in [1.165, 1.54) is 0 Å². The van der Waals surface area contributed by atoms with E-state index in [-0.39, 0.29) is 18.4 Å². The zero-order chi connectivity index (χ0) is 17.8. The van der Waals surface area contributed by atoms with Crippen LogP contribution in [-0.4, -0.2) is 23.0 Å². The number of hydrogen-bond acceptors (Lipinski definition) is 4. The van der Waals surface area contributed by atoms with Gasteiger partial charge in [0.05, 0.1) is 6.42 Å². The number of carbonyl (C=O) groups is 1. The smallest absolute Gasteiger partial charge is 0.307 e. The van der Waals surface area contributed by atoms with E-state index in [0.29, 0.717) is 18.6 Å². The van der Waals surface area contributed by atoms with Crippen LogP contribution in [0.3, 0.4) is 0 Å². The maximum Gasteiger partial charge on any atom is 0.307 e. The van der Waals surface area contributed by atoms with Crippen molar-refractivity contribution in [3.63, 3.8) is 0 Å². The molecule has 6 nitrogen and oxygen atoms in total. The Morgan fingerprint density at radius 3 is 2.72 bits per heavy atom. The standard InChI is InChI=1S/C19H20N2O4/c20-19(21)13-3-1-12(2-4-13)11-24-15-7-8-17-14(9-15)5-6-16(25-17)10-18(22)23/h1-4,7-9,16H,5-6,10-11H2,(H3,20,21)(H,22,23). The van der Waals surface area contributed by atoms with Crippen LogP contribution in [0.4, 0.5) is 0 Å². The van der Waals surface area contributed by atoms with Gasteiger partial charge in [0.25, 0.3) is 0 Å². The summed E-state index contributed by atoms with van der Waals surface area (Å²) in [6.45, 7) is 0.416. The Hall–Kier alpha value is -3.02. The van der Waals surface area contributed by atoms with Crippen molar-refractivity contribution in [3.8, 4) is 11.5 Å². The molecule has 0 radical (unpaired) electrons. The van der Waals surface area contributed by atoms with Crippen LogP contribution in [0.1, 0.15) is 29.5 Å². The third kappa shape index (κ3) is 4.29. The molecule has 1 heterocycles. The molecule has 1 unspecified atom stereocenters. The molecule has 1 atom stereocenters.